The number of nitrogens with one attached hydrogen (secondary N) is 1. The molecule has 0 unspecified atom stereocenters. The van der Waals surface area contributed by atoms with E-state index in [9.17, 15) is 8.78 Å². The van der Waals surface area contributed by atoms with Crippen LogP contribution in [-0.2, 0) is 9.68 Å². The molecule has 2 atom stereocenters. The number of hydroxylamine groups is 1. The van der Waals surface area contributed by atoms with Crippen molar-refractivity contribution in [3.8, 4) is 0 Å². The summed E-state index contributed by atoms with van der Waals surface area (Å²) in [6.45, 7) is 8.66. The van der Waals surface area contributed by atoms with E-state index in [4.69, 9.17) is 38.6 Å². The van der Waals surface area contributed by atoms with Crippen LogP contribution in [0, 0.1) is 30.4 Å². The van der Waals surface area contributed by atoms with Crippen molar-refractivity contribution < 1.29 is 18.5 Å². The molecule has 10 nitrogen and oxygen atoms in total. The van der Waals surface area contributed by atoms with E-state index in [1.807, 2.05) is 13.0 Å². The number of aromatic nitrogens is 2. The Labute approximate surface area is 317 Å². The number of piperidine rings is 6. The number of aryl methyl sites for hydroxylation is 1. The maximum atomic E-state index is 13.7. The van der Waals surface area contributed by atoms with Crippen molar-refractivity contribution in [1.82, 2.24) is 25.2 Å². The first kappa shape index (κ1) is 36.9. The van der Waals surface area contributed by atoms with E-state index in [-0.39, 0.29) is 39.5 Å². The number of fused-ring (bicyclic) bond motifs is 6. The van der Waals surface area contributed by atoms with E-state index in [0.717, 1.165) is 59.0 Å². The van der Waals surface area contributed by atoms with Crippen molar-refractivity contribution >= 4 is 74.6 Å². The molecule has 3 N–H and O–H groups in total. The van der Waals surface area contributed by atoms with Crippen LogP contribution in [0.15, 0.2) is 58.9 Å². The third kappa shape index (κ3) is 7.38. The second kappa shape index (κ2) is 14.8. The van der Waals surface area contributed by atoms with Gasteiger partial charge in [-0.15, -0.1) is 12.4 Å². The number of nitrogens with zero attached hydrogens (tertiary/aromatic N) is 6. The van der Waals surface area contributed by atoms with Gasteiger partial charge in [0.25, 0.3) is 0 Å². The maximum absolute atomic E-state index is 13.7. The molecule has 0 radical (unpaired) electrons. The Hall–Kier alpha value is -3.39. The highest BCUT2D eigenvalue weighted by atomic mass is 35.5. The molecule has 4 aromatic rings. The fourth-order valence-electron chi connectivity index (χ4n) is 8.54. The number of nitrogens with two attached hydrogens (primary N) is 1. The molecule has 2 spiro atoms. The number of benzene rings is 2. The Morgan fingerprint density at radius 3 is 1.88 bits per heavy atom. The zero-order chi connectivity index (χ0) is 35.3. The largest absolute Gasteiger partial charge is 0.386 e. The van der Waals surface area contributed by atoms with Crippen LogP contribution < -0.4 is 11.2 Å². The quantitative estimate of drug-likeness (QED) is 0.207. The first-order valence-corrected chi connectivity index (χ1v) is 18.3. The van der Waals surface area contributed by atoms with Gasteiger partial charge in [-0.1, -0.05) is 28.4 Å². The molecule has 8 aliphatic heterocycles. The third-order valence-corrected chi connectivity index (χ3v) is 11.8. The average molecular weight is 774 g/mol. The lowest BCUT2D eigenvalue weighted by atomic mass is 9.74. The van der Waals surface area contributed by atoms with Crippen molar-refractivity contribution in [3.05, 3.63) is 76.2 Å². The second-order valence-electron chi connectivity index (χ2n) is 14.6. The highest BCUT2D eigenvalue weighted by Gasteiger charge is 2.53. The van der Waals surface area contributed by atoms with Crippen LogP contribution in [-0.4, -0.2) is 81.9 Å². The SMILES string of the molecule is Cc1cc2cc(F)c(Cl)cc2cn1.Cl.Fc1cc2cc(N=C3C[C@@]4(CN5CCC4CC5)ON3)ncc2cc1Cl.NC1=NO[C@@]2(C1)CN1CCC2CC1. The number of amidine groups is 2. The standard InChI is InChI=1S/C18H18ClFN4O.C10H7ClFN.C9H15N3O.ClH/c19-14-5-12-9-21-16(7-11(12)6-15(14)20)22-17-8-18(25-23-17)10-24-3-1-13(18)2-4-24;1-6-2-7-4-10(12)9(11)3-8(7)5-13-6;10-8-5-9(13-11-8)6-12-3-1-7(9)2-4-12;/h5-7,9,13H,1-4,8,10H2,(H,21,22,23);2-5H,1H3;7H,1-6H2,(H2,10,11);1H/t18-;;9-;/m0.0./s1. The summed E-state index contributed by atoms with van der Waals surface area (Å²) in [5.74, 6) is 2.44. The van der Waals surface area contributed by atoms with Gasteiger partial charge in [-0.05, 0) is 112 Å². The molecule has 7 saturated heterocycles. The molecular formula is C37H41Cl3F2N8O2. The molecule has 8 aliphatic rings. The minimum Gasteiger partial charge on any atom is -0.386 e. The number of rotatable bonds is 1. The lowest BCUT2D eigenvalue weighted by Gasteiger charge is -2.49. The van der Waals surface area contributed by atoms with Gasteiger partial charge in [-0.2, -0.15) is 0 Å². The smallest absolute Gasteiger partial charge is 0.160 e. The lowest BCUT2D eigenvalue weighted by Crippen LogP contribution is -2.59. The van der Waals surface area contributed by atoms with Gasteiger partial charge in [-0.3, -0.25) is 20.2 Å². The molecule has 0 amide bonds. The predicted molar refractivity (Wildman–Crippen MR) is 202 cm³/mol. The summed E-state index contributed by atoms with van der Waals surface area (Å²) in [6, 6.07) is 9.59. The summed E-state index contributed by atoms with van der Waals surface area (Å²) < 4.78 is 26.7. The van der Waals surface area contributed by atoms with Crippen LogP contribution in [0.3, 0.4) is 0 Å². The fraction of sp³-hybridized carbons (Fsp3) is 0.459. The van der Waals surface area contributed by atoms with Crippen LogP contribution in [0.4, 0.5) is 14.6 Å². The first-order valence-electron chi connectivity index (χ1n) is 17.5. The number of pyridine rings is 2. The third-order valence-electron chi connectivity index (χ3n) is 11.2. The molecule has 0 aliphatic carbocycles. The van der Waals surface area contributed by atoms with Crippen LogP contribution in [0.2, 0.25) is 10.0 Å². The molecule has 4 bridgehead atoms. The average Bonchev–Trinajstić information content (AvgIpc) is 3.69. The van der Waals surface area contributed by atoms with Gasteiger partial charge in [0.05, 0.1) is 16.5 Å². The summed E-state index contributed by atoms with van der Waals surface area (Å²) in [5, 5.41) is 7.34. The van der Waals surface area contributed by atoms with Gasteiger partial charge in [0.2, 0.25) is 0 Å². The van der Waals surface area contributed by atoms with E-state index in [0.29, 0.717) is 23.5 Å². The highest BCUT2D eigenvalue weighted by molar-refractivity contribution is 6.31. The molecule has 15 heteroatoms. The van der Waals surface area contributed by atoms with Gasteiger partial charge in [0.1, 0.15) is 28.9 Å². The van der Waals surface area contributed by atoms with E-state index < -0.39 is 5.82 Å². The Bertz CT molecular complexity index is 2040. The van der Waals surface area contributed by atoms with Crippen molar-refractivity contribution in [2.45, 2.75) is 56.7 Å². The molecule has 52 heavy (non-hydrogen) atoms. The predicted octanol–water partition coefficient (Wildman–Crippen LogP) is 7.35. The molecular weight excluding hydrogens is 733 g/mol. The molecule has 2 aromatic heterocycles. The maximum Gasteiger partial charge on any atom is 0.160 e. The Kier molecular flexibility index (Phi) is 10.5. The minimum absolute atomic E-state index is 0. The van der Waals surface area contributed by atoms with Crippen molar-refractivity contribution in [2.24, 2.45) is 27.7 Å². The second-order valence-corrected chi connectivity index (χ2v) is 15.4. The van der Waals surface area contributed by atoms with Gasteiger partial charge in [0.15, 0.2) is 11.4 Å². The molecule has 2 aromatic carbocycles. The molecule has 7 fully saturated rings. The highest BCUT2D eigenvalue weighted by Crippen LogP contribution is 2.44. The van der Waals surface area contributed by atoms with Gasteiger partial charge in [0, 0.05) is 54.3 Å². The van der Waals surface area contributed by atoms with Crippen molar-refractivity contribution in [1.29, 1.82) is 0 Å². The fourth-order valence-corrected chi connectivity index (χ4v) is 8.89. The number of halogens is 5. The van der Waals surface area contributed by atoms with Crippen LogP contribution in [0.5, 0.6) is 0 Å². The van der Waals surface area contributed by atoms with E-state index in [2.05, 4.69) is 35.4 Å². The van der Waals surface area contributed by atoms with Crippen molar-refractivity contribution in [2.75, 3.05) is 39.3 Å². The Morgan fingerprint density at radius 2 is 1.35 bits per heavy atom. The monoisotopic (exact) mass is 772 g/mol. The normalized spacial score (nSPS) is 30.3. The van der Waals surface area contributed by atoms with Gasteiger partial charge in [-0.25, -0.2) is 18.8 Å². The zero-order valence-corrected chi connectivity index (χ0v) is 31.1. The Morgan fingerprint density at radius 1 is 0.788 bits per heavy atom. The van der Waals surface area contributed by atoms with Crippen LogP contribution in [0.1, 0.15) is 44.2 Å². The molecule has 276 valence electrons. The van der Waals surface area contributed by atoms with Gasteiger partial charge < -0.3 is 15.5 Å². The molecule has 0 saturated carbocycles. The summed E-state index contributed by atoms with van der Waals surface area (Å²) in [6.07, 6.45) is 9.84. The van der Waals surface area contributed by atoms with Crippen LogP contribution >= 0.6 is 35.6 Å². The summed E-state index contributed by atoms with van der Waals surface area (Å²) in [7, 11) is 0. The first-order chi connectivity index (χ1) is 24.6. The number of aliphatic imine (C=N–C) groups is 1. The van der Waals surface area contributed by atoms with E-state index in [1.165, 1.54) is 64.0 Å². The summed E-state index contributed by atoms with van der Waals surface area (Å²) >= 11 is 11.4. The van der Waals surface area contributed by atoms with E-state index >= 15 is 0 Å². The summed E-state index contributed by atoms with van der Waals surface area (Å²) in [5.41, 5.74) is 9.35. The molecule has 10 heterocycles. The number of hydrogen-bond donors (Lipinski definition) is 2. The van der Waals surface area contributed by atoms with Crippen LogP contribution in [0.25, 0.3) is 21.5 Å². The molecule has 12 rings (SSSR count). The van der Waals surface area contributed by atoms with E-state index in [1.54, 1.807) is 30.6 Å². The lowest BCUT2D eigenvalue weighted by molar-refractivity contribution is -0.150. The Balaban J connectivity index is 0.000000132. The van der Waals surface area contributed by atoms with Crippen molar-refractivity contribution in [3.63, 3.8) is 0 Å². The minimum atomic E-state index is -0.437. The zero-order valence-electron chi connectivity index (χ0n) is 28.8. The topological polar surface area (TPSA) is 113 Å². The van der Waals surface area contributed by atoms with Gasteiger partial charge >= 0.3 is 0 Å². The number of oxime groups is 1. The number of hydrogen-bond acceptors (Lipinski definition) is 9. The summed E-state index contributed by atoms with van der Waals surface area (Å²) in [4.78, 5) is 29.5.